The Morgan fingerprint density at radius 3 is 2.79 bits per heavy atom. The van der Waals surface area contributed by atoms with Gasteiger partial charge in [-0.3, -0.25) is 15.0 Å². The second kappa shape index (κ2) is 6.80. The Labute approximate surface area is 153 Å². The summed E-state index contributed by atoms with van der Waals surface area (Å²) in [6.07, 6.45) is 3.62. The smallest absolute Gasteiger partial charge is 0.285 e. The quantitative estimate of drug-likeness (QED) is 0.659. The maximum absolute atomic E-state index is 12.5. The molecule has 0 saturated carbocycles. The third kappa shape index (κ3) is 3.38. The number of benzene rings is 1. The van der Waals surface area contributed by atoms with Gasteiger partial charge in [-0.25, -0.2) is 0 Å². The first-order valence-electron chi connectivity index (χ1n) is 6.91. The second-order valence-corrected chi connectivity index (χ2v) is 7.12. The lowest BCUT2D eigenvalue weighted by Crippen LogP contribution is -2.44. The molecule has 0 atom stereocenters. The number of rotatable bonds is 3. The number of hydrogen-bond donors (Lipinski definition) is 1. The van der Waals surface area contributed by atoms with Gasteiger partial charge in [-0.05, 0) is 48.6 Å². The first kappa shape index (κ1) is 16.8. The van der Waals surface area contributed by atoms with Crippen LogP contribution in [0.4, 0.5) is 0 Å². The number of aromatic nitrogens is 1. The van der Waals surface area contributed by atoms with E-state index < -0.39 is 5.91 Å². The molecule has 1 aromatic heterocycles. The summed E-state index contributed by atoms with van der Waals surface area (Å²) in [4.78, 5) is 25.2. The van der Waals surface area contributed by atoms with E-state index in [-0.39, 0.29) is 10.2 Å². The molecule has 0 unspecified atom stereocenters. The van der Waals surface area contributed by atoms with E-state index in [1.54, 1.807) is 24.3 Å². The van der Waals surface area contributed by atoms with Crippen molar-refractivity contribution in [1.82, 2.24) is 15.0 Å². The molecule has 1 aliphatic heterocycles. The van der Waals surface area contributed by atoms with Crippen molar-refractivity contribution in [3.63, 3.8) is 0 Å². The number of hydrogen-bond acceptors (Lipinski definition) is 4. The number of amides is 2. The van der Waals surface area contributed by atoms with E-state index in [1.165, 1.54) is 6.07 Å². The average molecular weight is 378 g/mol. The number of carbonyl (C=O) groups excluding carboxylic acids is 2. The molecule has 2 aromatic rings. The lowest BCUT2D eigenvalue weighted by molar-refractivity contribution is -0.123. The summed E-state index contributed by atoms with van der Waals surface area (Å²) in [6.45, 7) is 0. The highest BCUT2D eigenvalue weighted by Crippen LogP contribution is 2.31. The van der Waals surface area contributed by atoms with Gasteiger partial charge in [-0.15, -0.1) is 0 Å². The SMILES string of the molecule is Cn1cccc1/C=C1\SC(=S)N(NC(=O)c2cccc(Cl)c2)C1=O. The maximum Gasteiger partial charge on any atom is 0.285 e. The minimum atomic E-state index is -0.450. The van der Waals surface area contributed by atoms with E-state index in [9.17, 15) is 9.59 Å². The number of thiocarbonyl (C=S) groups is 1. The molecule has 0 aliphatic carbocycles. The van der Waals surface area contributed by atoms with Gasteiger partial charge in [-0.2, -0.15) is 5.01 Å². The Morgan fingerprint density at radius 1 is 1.33 bits per heavy atom. The fourth-order valence-corrected chi connectivity index (χ4v) is 3.47. The summed E-state index contributed by atoms with van der Waals surface area (Å²) in [5, 5.41) is 1.52. The molecule has 24 heavy (non-hydrogen) atoms. The lowest BCUT2D eigenvalue weighted by Gasteiger charge is -2.15. The van der Waals surface area contributed by atoms with Crippen LogP contribution in [0, 0.1) is 0 Å². The van der Waals surface area contributed by atoms with E-state index in [0.29, 0.717) is 15.5 Å². The topological polar surface area (TPSA) is 54.3 Å². The van der Waals surface area contributed by atoms with Crippen molar-refractivity contribution in [1.29, 1.82) is 0 Å². The van der Waals surface area contributed by atoms with E-state index >= 15 is 0 Å². The molecule has 122 valence electrons. The van der Waals surface area contributed by atoms with Crippen molar-refractivity contribution >= 4 is 57.8 Å². The van der Waals surface area contributed by atoms with Gasteiger partial charge in [0.15, 0.2) is 4.32 Å². The first-order chi connectivity index (χ1) is 11.5. The number of nitrogens with one attached hydrogen (secondary N) is 1. The Hall–Kier alpha value is -2.09. The van der Waals surface area contributed by atoms with E-state index in [2.05, 4.69) is 5.43 Å². The van der Waals surface area contributed by atoms with Gasteiger partial charge in [0.1, 0.15) is 0 Å². The third-order valence-corrected chi connectivity index (χ3v) is 4.89. The molecular formula is C16H12ClN3O2S2. The molecule has 0 radical (unpaired) electrons. The molecule has 1 fully saturated rings. The number of thioether (sulfide) groups is 1. The summed E-state index contributed by atoms with van der Waals surface area (Å²) in [5.41, 5.74) is 3.74. The molecule has 2 amide bonds. The van der Waals surface area contributed by atoms with Crippen molar-refractivity contribution in [3.05, 3.63) is 63.8 Å². The Morgan fingerprint density at radius 2 is 2.12 bits per heavy atom. The van der Waals surface area contributed by atoms with Crippen LogP contribution in [0.25, 0.3) is 6.08 Å². The first-order valence-corrected chi connectivity index (χ1v) is 8.52. The minimum Gasteiger partial charge on any atom is -0.351 e. The number of nitrogens with zero attached hydrogens (tertiary/aromatic N) is 2. The third-order valence-electron chi connectivity index (χ3n) is 3.36. The largest absolute Gasteiger partial charge is 0.351 e. The number of carbonyl (C=O) groups is 2. The molecule has 0 spiro atoms. The van der Waals surface area contributed by atoms with Crippen LogP contribution in [0.2, 0.25) is 5.02 Å². The summed E-state index contributed by atoms with van der Waals surface area (Å²) in [7, 11) is 1.88. The molecule has 8 heteroatoms. The van der Waals surface area contributed by atoms with Gasteiger partial charge in [0.05, 0.1) is 4.91 Å². The predicted molar refractivity (Wildman–Crippen MR) is 99.3 cm³/mol. The fourth-order valence-electron chi connectivity index (χ4n) is 2.12. The van der Waals surface area contributed by atoms with Gasteiger partial charge >= 0.3 is 0 Å². The second-order valence-electron chi connectivity index (χ2n) is 5.01. The number of hydrazine groups is 1. The van der Waals surface area contributed by atoms with Gasteiger partial charge in [0, 0.05) is 29.5 Å². The number of aryl methyl sites for hydroxylation is 1. The highest BCUT2D eigenvalue weighted by atomic mass is 35.5. The normalized spacial score (nSPS) is 16.1. The summed E-state index contributed by atoms with van der Waals surface area (Å²) in [5.74, 6) is -0.810. The lowest BCUT2D eigenvalue weighted by atomic mass is 10.2. The molecule has 1 N–H and O–H groups in total. The van der Waals surface area contributed by atoms with E-state index in [1.807, 2.05) is 29.9 Å². The molecule has 1 saturated heterocycles. The Bertz CT molecular complexity index is 876. The molecule has 3 rings (SSSR count). The number of halogens is 1. The van der Waals surface area contributed by atoms with Crippen molar-refractivity contribution in [2.45, 2.75) is 0 Å². The zero-order chi connectivity index (χ0) is 17.3. The molecule has 1 aromatic carbocycles. The van der Waals surface area contributed by atoms with Crippen LogP contribution in [-0.2, 0) is 11.8 Å². The summed E-state index contributed by atoms with van der Waals surface area (Å²) < 4.78 is 2.16. The molecule has 5 nitrogen and oxygen atoms in total. The maximum atomic E-state index is 12.5. The summed E-state index contributed by atoms with van der Waals surface area (Å²) >= 11 is 12.2. The summed E-state index contributed by atoms with van der Waals surface area (Å²) in [6, 6.07) is 10.2. The Balaban J connectivity index is 1.79. The average Bonchev–Trinajstić information content (AvgIpc) is 3.06. The molecular weight excluding hydrogens is 366 g/mol. The highest BCUT2D eigenvalue weighted by Gasteiger charge is 2.33. The van der Waals surface area contributed by atoms with Gasteiger partial charge in [0.2, 0.25) is 0 Å². The van der Waals surface area contributed by atoms with Crippen molar-refractivity contribution in [2.24, 2.45) is 7.05 Å². The van der Waals surface area contributed by atoms with Crippen LogP contribution in [-0.4, -0.2) is 25.7 Å². The van der Waals surface area contributed by atoms with Gasteiger partial charge in [-0.1, -0.05) is 29.4 Å². The standard InChI is InChI=1S/C16H12ClN3O2S2/c1-19-7-3-6-12(19)9-13-15(22)20(16(23)24-13)18-14(21)10-4-2-5-11(17)8-10/h2-9H,1H3,(H,18,21)/b13-9-. The van der Waals surface area contributed by atoms with Crippen LogP contribution in [0.5, 0.6) is 0 Å². The molecule has 0 bridgehead atoms. The van der Waals surface area contributed by atoms with Crippen molar-refractivity contribution < 1.29 is 9.59 Å². The molecule has 1 aliphatic rings. The highest BCUT2D eigenvalue weighted by molar-refractivity contribution is 8.26. The van der Waals surface area contributed by atoms with Crippen LogP contribution in [0.3, 0.4) is 0 Å². The van der Waals surface area contributed by atoms with Crippen LogP contribution in [0.1, 0.15) is 16.1 Å². The monoisotopic (exact) mass is 377 g/mol. The van der Waals surface area contributed by atoms with Crippen LogP contribution in [0.15, 0.2) is 47.5 Å². The Kier molecular flexibility index (Phi) is 4.75. The minimum absolute atomic E-state index is 0.274. The predicted octanol–water partition coefficient (Wildman–Crippen LogP) is 3.22. The van der Waals surface area contributed by atoms with E-state index in [4.69, 9.17) is 23.8 Å². The zero-order valence-electron chi connectivity index (χ0n) is 12.5. The van der Waals surface area contributed by atoms with Crippen molar-refractivity contribution in [3.8, 4) is 0 Å². The molecule has 2 heterocycles. The van der Waals surface area contributed by atoms with Crippen LogP contribution >= 0.6 is 35.6 Å². The van der Waals surface area contributed by atoms with Crippen LogP contribution < -0.4 is 5.43 Å². The van der Waals surface area contributed by atoms with Crippen molar-refractivity contribution in [2.75, 3.05) is 0 Å². The zero-order valence-corrected chi connectivity index (χ0v) is 14.9. The van der Waals surface area contributed by atoms with E-state index in [0.717, 1.165) is 22.5 Å². The fraction of sp³-hybridized carbons (Fsp3) is 0.0625. The van der Waals surface area contributed by atoms with Gasteiger partial charge < -0.3 is 4.57 Å². The van der Waals surface area contributed by atoms with Gasteiger partial charge in [0.25, 0.3) is 11.8 Å².